The van der Waals surface area contributed by atoms with Crippen LogP contribution in [0.15, 0.2) is 0 Å². The van der Waals surface area contributed by atoms with Gasteiger partial charge in [0.25, 0.3) is 0 Å². The molecule has 0 aliphatic carbocycles. The van der Waals surface area contributed by atoms with Gasteiger partial charge >= 0.3 is 0 Å². The van der Waals surface area contributed by atoms with Crippen LogP contribution in [0.25, 0.3) is 0 Å². The Morgan fingerprint density at radius 1 is 1.16 bits per heavy atom. The number of unbranched alkanes of at least 4 members (excludes halogenated alkanes) is 1. The van der Waals surface area contributed by atoms with E-state index in [0.29, 0.717) is 0 Å². The molecule has 0 aromatic rings. The Morgan fingerprint density at radius 2 is 1.53 bits per heavy atom. The van der Waals surface area contributed by atoms with Crippen molar-refractivity contribution in [3.63, 3.8) is 0 Å². The summed E-state index contributed by atoms with van der Waals surface area (Å²) in [5.74, 6) is -0.727. The zero-order valence-corrected chi connectivity index (χ0v) is 13.6. The Morgan fingerprint density at radius 3 is 1.74 bits per heavy atom. The molecule has 0 fully saturated rings. The molecule has 0 unspecified atom stereocenters. The third-order valence-corrected chi connectivity index (χ3v) is 2.16. The first-order valence-electron chi connectivity index (χ1n) is 6.90. The van der Waals surface area contributed by atoms with Crippen LogP contribution in [0.2, 0.25) is 0 Å². The van der Waals surface area contributed by atoms with Crippen LogP contribution in [0.5, 0.6) is 0 Å². The van der Waals surface area contributed by atoms with Crippen molar-refractivity contribution in [1.29, 1.82) is 0 Å². The zero-order chi connectivity index (χ0) is 16.1. The molecule has 3 N–H and O–H groups in total. The number of ketones is 1. The largest absolute Gasteiger partial charge is 0.383 e. The molecule has 0 atom stereocenters. The SMILES string of the molecule is CC.CCCC.CN(CC(=O)C(C)(C)O)C(=O)CN. The fraction of sp³-hybridized carbons (Fsp3) is 0.857. The number of amides is 1. The molecule has 0 aliphatic heterocycles. The number of hydrogen-bond donors (Lipinski definition) is 2. The van der Waals surface area contributed by atoms with Crippen molar-refractivity contribution in [1.82, 2.24) is 4.90 Å². The topological polar surface area (TPSA) is 83.6 Å². The van der Waals surface area contributed by atoms with Gasteiger partial charge in [0.1, 0.15) is 5.60 Å². The molecule has 0 radical (unpaired) electrons. The maximum absolute atomic E-state index is 11.2. The fourth-order valence-electron chi connectivity index (χ4n) is 0.653. The minimum absolute atomic E-state index is 0.112. The van der Waals surface area contributed by atoms with Gasteiger partial charge in [0.15, 0.2) is 5.78 Å². The molecule has 0 bridgehead atoms. The highest BCUT2D eigenvalue weighted by atomic mass is 16.3. The first kappa shape index (κ1) is 23.2. The summed E-state index contributed by atoms with van der Waals surface area (Å²) >= 11 is 0. The summed E-state index contributed by atoms with van der Waals surface area (Å²) in [6, 6.07) is 0. The van der Waals surface area contributed by atoms with E-state index in [2.05, 4.69) is 13.8 Å². The Bertz CT molecular complexity index is 233. The predicted molar refractivity (Wildman–Crippen MR) is 79.9 cm³/mol. The third-order valence-electron chi connectivity index (χ3n) is 2.16. The van der Waals surface area contributed by atoms with Crippen LogP contribution >= 0.6 is 0 Å². The van der Waals surface area contributed by atoms with Gasteiger partial charge in [0.05, 0.1) is 13.1 Å². The van der Waals surface area contributed by atoms with Crippen LogP contribution in [-0.2, 0) is 9.59 Å². The molecule has 0 saturated heterocycles. The van der Waals surface area contributed by atoms with Crippen molar-refractivity contribution < 1.29 is 14.7 Å². The van der Waals surface area contributed by atoms with Crippen LogP contribution < -0.4 is 5.73 Å². The smallest absolute Gasteiger partial charge is 0.236 e. The molecular formula is C14H32N2O3. The van der Waals surface area contributed by atoms with Crippen molar-refractivity contribution in [2.45, 2.75) is 60.0 Å². The van der Waals surface area contributed by atoms with Gasteiger partial charge in [-0.25, -0.2) is 0 Å². The summed E-state index contributed by atoms with van der Waals surface area (Å²) in [6.07, 6.45) is 2.64. The van der Waals surface area contributed by atoms with Crippen molar-refractivity contribution in [3.8, 4) is 0 Å². The maximum atomic E-state index is 11.2. The molecule has 5 heteroatoms. The molecule has 0 heterocycles. The predicted octanol–water partition coefficient (Wildman–Crippen LogP) is 1.58. The number of carbonyl (C=O) groups excluding carboxylic acids is 2. The average molecular weight is 276 g/mol. The van der Waals surface area contributed by atoms with Crippen LogP contribution in [0, 0.1) is 0 Å². The van der Waals surface area contributed by atoms with E-state index in [1.54, 1.807) is 0 Å². The number of hydrogen-bond acceptors (Lipinski definition) is 4. The number of aliphatic hydroxyl groups is 1. The zero-order valence-electron chi connectivity index (χ0n) is 13.6. The lowest BCUT2D eigenvalue weighted by Crippen LogP contribution is -2.43. The monoisotopic (exact) mass is 276 g/mol. The molecule has 0 aromatic carbocycles. The number of nitrogens with zero attached hydrogens (tertiary/aromatic N) is 1. The number of likely N-dealkylation sites (N-methyl/N-ethyl adjacent to an activating group) is 1. The van der Waals surface area contributed by atoms with Gasteiger partial charge in [-0.1, -0.05) is 40.5 Å². The number of nitrogens with two attached hydrogens (primary N) is 1. The molecule has 0 aromatic heterocycles. The molecule has 0 spiro atoms. The molecule has 116 valence electrons. The molecular weight excluding hydrogens is 244 g/mol. The van der Waals surface area contributed by atoms with E-state index >= 15 is 0 Å². The highest BCUT2D eigenvalue weighted by molar-refractivity contribution is 5.91. The molecule has 5 nitrogen and oxygen atoms in total. The lowest BCUT2D eigenvalue weighted by molar-refractivity contribution is -0.140. The van der Waals surface area contributed by atoms with Crippen molar-refractivity contribution in [2.24, 2.45) is 5.73 Å². The summed E-state index contributed by atoms with van der Waals surface area (Å²) in [5.41, 5.74) is 3.69. The highest BCUT2D eigenvalue weighted by Gasteiger charge is 2.25. The quantitative estimate of drug-likeness (QED) is 0.798. The molecule has 1 amide bonds. The lowest BCUT2D eigenvalue weighted by Gasteiger charge is -2.21. The van der Waals surface area contributed by atoms with E-state index in [9.17, 15) is 14.7 Å². The maximum Gasteiger partial charge on any atom is 0.236 e. The summed E-state index contributed by atoms with van der Waals surface area (Å²) in [5, 5.41) is 9.27. The van der Waals surface area contributed by atoms with Gasteiger partial charge in [0, 0.05) is 7.05 Å². The van der Waals surface area contributed by atoms with Crippen LogP contribution in [-0.4, -0.2) is 47.4 Å². The van der Waals surface area contributed by atoms with Crippen molar-refractivity contribution >= 4 is 11.7 Å². The minimum Gasteiger partial charge on any atom is -0.383 e. The van der Waals surface area contributed by atoms with Gasteiger partial charge < -0.3 is 15.7 Å². The van der Waals surface area contributed by atoms with Crippen LogP contribution in [0.3, 0.4) is 0 Å². The van der Waals surface area contributed by atoms with E-state index in [1.807, 2.05) is 13.8 Å². The minimum atomic E-state index is -1.40. The Labute approximate surface area is 118 Å². The van der Waals surface area contributed by atoms with Crippen LogP contribution in [0.4, 0.5) is 0 Å². The Balaban J connectivity index is -0.000000361. The van der Waals surface area contributed by atoms with E-state index < -0.39 is 11.4 Å². The second-order valence-electron chi connectivity index (χ2n) is 4.44. The Hall–Kier alpha value is -0.940. The van der Waals surface area contributed by atoms with E-state index in [0.717, 1.165) is 0 Å². The number of rotatable bonds is 5. The molecule has 19 heavy (non-hydrogen) atoms. The second kappa shape index (κ2) is 13.5. The van der Waals surface area contributed by atoms with E-state index in [1.165, 1.54) is 38.6 Å². The first-order chi connectivity index (χ1) is 8.70. The van der Waals surface area contributed by atoms with Gasteiger partial charge in [-0.3, -0.25) is 9.59 Å². The fourth-order valence-corrected chi connectivity index (χ4v) is 0.653. The van der Waals surface area contributed by atoms with Gasteiger partial charge in [0.2, 0.25) is 5.91 Å². The summed E-state index contributed by atoms with van der Waals surface area (Å²) < 4.78 is 0. The highest BCUT2D eigenvalue weighted by Crippen LogP contribution is 2.03. The van der Waals surface area contributed by atoms with Crippen molar-refractivity contribution in [3.05, 3.63) is 0 Å². The van der Waals surface area contributed by atoms with E-state index in [-0.39, 0.29) is 19.0 Å². The summed E-state index contributed by atoms with van der Waals surface area (Å²) in [6.45, 7) is 10.9. The van der Waals surface area contributed by atoms with Gasteiger partial charge in [-0.2, -0.15) is 0 Å². The van der Waals surface area contributed by atoms with Gasteiger partial charge in [-0.05, 0) is 13.8 Å². The standard InChI is InChI=1S/C8H16N2O3.C4H10.C2H6/c1-8(2,13)6(11)5-10(3)7(12)4-9;1-3-4-2;1-2/h13H,4-5,9H2,1-3H3;3-4H2,1-2H3;1-2H3. The third kappa shape index (κ3) is 15.0. The van der Waals surface area contributed by atoms with Crippen LogP contribution in [0.1, 0.15) is 54.4 Å². The van der Waals surface area contributed by atoms with E-state index in [4.69, 9.17) is 5.73 Å². The Kier molecular flexibility index (Phi) is 16.5. The second-order valence-corrected chi connectivity index (χ2v) is 4.44. The van der Waals surface area contributed by atoms with Crippen molar-refractivity contribution in [2.75, 3.05) is 20.1 Å². The summed E-state index contributed by atoms with van der Waals surface area (Å²) in [7, 11) is 1.47. The average Bonchev–Trinajstić information content (AvgIpc) is 2.39. The first-order valence-corrected chi connectivity index (χ1v) is 6.90. The normalized spacial score (nSPS) is 9.53. The molecule has 0 saturated carbocycles. The molecule has 0 aliphatic rings. The van der Waals surface area contributed by atoms with Gasteiger partial charge in [-0.15, -0.1) is 0 Å². The number of carbonyl (C=O) groups is 2. The molecule has 0 rings (SSSR count). The number of Topliss-reactive ketones (excluding diaryl/α,β-unsaturated/α-hetero) is 1. The lowest BCUT2D eigenvalue weighted by atomic mass is 10.0. The summed E-state index contributed by atoms with van der Waals surface area (Å²) in [4.78, 5) is 23.3.